The first-order valence-corrected chi connectivity index (χ1v) is 8.52. The summed E-state index contributed by atoms with van der Waals surface area (Å²) in [7, 11) is 1.43. The lowest BCUT2D eigenvalue weighted by atomic mass is 10.1. The number of benzene rings is 2. The predicted molar refractivity (Wildman–Crippen MR) is 103 cm³/mol. The fourth-order valence-corrected chi connectivity index (χ4v) is 2.53. The normalized spacial score (nSPS) is 10.3. The molecule has 0 aliphatic carbocycles. The molecule has 3 rings (SSSR count). The molecule has 0 unspecified atom stereocenters. The van der Waals surface area contributed by atoms with Gasteiger partial charge in [-0.2, -0.15) is 0 Å². The second-order valence-corrected chi connectivity index (χ2v) is 5.97. The number of carbonyl (C=O) groups excluding carboxylic acids is 1. The van der Waals surface area contributed by atoms with E-state index < -0.39 is 11.9 Å². The Balaban J connectivity index is 1.75. The number of rotatable bonds is 7. The molecule has 148 valence electrons. The van der Waals surface area contributed by atoms with Gasteiger partial charge in [0.2, 0.25) is 0 Å². The third kappa shape index (κ3) is 5.07. The van der Waals surface area contributed by atoms with Gasteiger partial charge in [-0.1, -0.05) is 12.1 Å². The van der Waals surface area contributed by atoms with Crippen molar-refractivity contribution in [3.63, 3.8) is 0 Å². The van der Waals surface area contributed by atoms with Gasteiger partial charge in [-0.3, -0.25) is 4.79 Å². The Bertz CT molecular complexity index is 1040. The summed E-state index contributed by atoms with van der Waals surface area (Å²) in [6, 6.07) is 13.5. The maximum atomic E-state index is 13.3. The molecule has 29 heavy (non-hydrogen) atoms. The molecule has 0 aliphatic rings. The number of nitrogens with one attached hydrogen (secondary N) is 1. The van der Waals surface area contributed by atoms with Crippen LogP contribution in [0.1, 0.15) is 26.3 Å². The summed E-state index contributed by atoms with van der Waals surface area (Å²) in [6.45, 7) is 0.128. The first-order valence-electron chi connectivity index (χ1n) is 8.52. The standard InChI is InChI=1S/C21H17FN2O5/c1-28-18-7-6-16(29-12-13-3-2-4-15(22)9-13)10-17(18)20(25)24-19-8-5-14(11-23-19)21(26)27/h2-11H,12H2,1H3,(H,26,27)(H,23,24,25). The Morgan fingerprint density at radius 3 is 2.62 bits per heavy atom. The van der Waals surface area contributed by atoms with E-state index in [4.69, 9.17) is 14.6 Å². The van der Waals surface area contributed by atoms with Gasteiger partial charge in [0.25, 0.3) is 5.91 Å². The molecule has 7 nitrogen and oxygen atoms in total. The van der Waals surface area contributed by atoms with Crippen LogP contribution < -0.4 is 14.8 Å². The first kappa shape index (κ1) is 19.8. The summed E-state index contributed by atoms with van der Waals surface area (Å²) < 4.78 is 24.1. The Labute approximate surface area is 165 Å². The van der Waals surface area contributed by atoms with Gasteiger partial charge in [-0.05, 0) is 48.0 Å². The summed E-state index contributed by atoms with van der Waals surface area (Å²) >= 11 is 0. The number of nitrogens with zero attached hydrogens (tertiary/aromatic N) is 1. The van der Waals surface area contributed by atoms with Crippen LogP contribution in [-0.4, -0.2) is 29.1 Å². The molecule has 0 aliphatic heterocycles. The molecular weight excluding hydrogens is 379 g/mol. The summed E-state index contributed by atoms with van der Waals surface area (Å²) in [5.74, 6) is -1.07. The van der Waals surface area contributed by atoms with Crippen molar-refractivity contribution < 1.29 is 28.6 Å². The molecule has 1 heterocycles. The minimum absolute atomic E-state index is 0.00771. The van der Waals surface area contributed by atoms with Gasteiger partial charge in [-0.15, -0.1) is 0 Å². The highest BCUT2D eigenvalue weighted by molar-refractivity contribution is 6.06. The van der Waals surface area contributed by atoms with Crippen LogP contribution >= 0.6 is 0 Å². The number of carbonyl (C=O) groups is 2. The van der Waals surface area contributed by atoms with Gasteiger partial charge in [0.05, 0.1) is 18.2 Å². The molecule has 0 atom stereocenters. The molecule has 0 bridgehead atoms. The van der Waals surface area contributed by atoms with Crippen LogP contribution in [0, 0.1) is 5.82 Å². The van der Waals surface area contributed by atoms with Crippen LogP contribution in [0.5, 0.6) is 11.5 Å². The van der Waals surface area contributed by atoms with Crippen LogP contribution in [0.25, 0.3) is 0 Å². The largest absolute Gasteiger partial charge is 0.496 e. The zero-order valence-electron chi connectivity index (χ0n) is 15.4. The third-order valence-corrected chi connectivity index (χ3v) is 3.96. The number of methoxy groups -OCH3 is 1. The maximum absolute atomic E-state index is 13.3. The fraction of sp³-hybridized carbons (Fsp3) is 0.0952. The Morgan fingerprint density at radius 2 is 1.97 bits per heavy atom. The molecule has 3 aromatic rings. The van der Waals surface area contributed by atoms with Crippen LogP contribution in [-0.2, 0) is 6.61 Å². The van der Waals surface area contributed by atoms with E-state index in [0.717, 1.165) is 6.20 Å². The topological polar surface area (TPSA) is 97.8 Å². The van der Waals surface area contributed by atoms with Gasteiger partial charge in [0.15, 0.2) is 0 Å². The average molecular weight is 396 g/mol. The highest BCUT2D eigenvalue weighted by Crippen LogP contribution is 2.25. The lowest BCUT2D eigenvalue weighted by Crippen LogP contribution is -2.14. The van der Waals surface area contributed by atoms with Gasteiger partial charge in [0, 0.05) is 6.20 Å². The van der Waals surface area contributed by atoms with E-state index in [-0.39, 0.29) is 29.4 Å². The number of aromatic carboxylic acids is 1. The summed E-state index contributed by atoms with van der Waals surface area (Å²) in [5, 5.41) is 11.5. The van der Waals surface area contributed by atoms with Crippen molar-refractivity contribution in [1.29, 1.82) is 0 Å². The van der Waals surface area contributed by atoms with Crippen LogP contribution in [0.15, 0.2) is 60.8 Å². The average Bonchev–Trinajstić information content (AvgIpc) is 2.72. The van der Waals surface area contributed by atoms with Crippen LogP contribution in [0.3, 0.4) is 0 Å². The maximum Gasteiger partial charge on any atom is 0.337 e. The molecule has 1 amide bonds. The highest BCUT2D eigenvalue weighted by atomic mass is 19.1. The Morgan fingerprint density at radius 1 is 1.14 bits per heavy atom. The number of anilines is 1. The van der Waals surface area contributed by atoms with Crippen molar-refractivity contribution in [3.8, 4) is 11.5 Å². The second kappa shape index (κ2) is 8.83. The number of hydrogen-bond donors (Lipinski definition) is 2. The number of halogens is 1. The summed E-state index contributed by atoms with van der Waals surface area (Å²) in [5.41, 5.74) is 0.858. The van der Waals surface area contributed by atoms with Gasteiger partial charge in [-0.25, -0.2) is 14.2 Å². The highest BCUT2D eigenvalue weighted by Gasteiger charge is 2.15. The van der Waals surface area contributed by atoms with Crippen molar-refractivity contribution in [3.05, 3.63) is 83.3 Å². The minimum atomic E-state index is -1.11. The van der Waals surface area contributed by atoms with E-state index in [9.17, 15) is 14.0 Å². The molecule has 0 spiro atoms. The lowest BCUT2D eigenvalue weighted by molar-refractivity contribution is 0.0696. The van der Waals surface area contributed by atoms with Crippen LogP contribution in [0.4, 0.5) is 10.2 Å². The number of ether oxygens (including phenoxy) is 2. The van der Waals surface area contributed by atoms with E-state index in [2.05, 4.69) is 10.3 Å². The molecule has 0 radical (unpaired) electrons. The quantitative estimate of drug-likeness (QED) is 0.631. The third-order valence-electron chi connectivity index (χ3n) is 3.96. The van der Waals surface area contributed by atoms with E-state index >= 15 is 0 Å². The number of aromatic nitrogens is 1. The monoisotopic (exact) mass is 396 g/mol. The smallest absolute Gasteiger partial charge is 0.337 e. The molecule has 0 saturated carbocycles. The minimum Gasteiger partial charge on any atom is -0.496 e. The number of amides is 1. The zero-order chi connectivity index (χ0) is 20.8. The van der Waals surface area contributed by atoms with E-state index in [1.807, 2.05) is 0 Å². The SMILES string of the molecule is COc1ccc(OCc2cccc(F)c2)cc1C(=O)Nc1ccc(C(=O)O)cn1. The zero-order valence-corrected chi connectivity index (χ0v) is 15.4. The number of hydrogen-bond acceptors (Lipinski definition) is 5. The number of pyridine rings is 1. The molecular formula is C21H17FN2O5. The summed E-state index contributed by atoms with van der Waals surface area (Å²) in [6.07, 6.45) is 1.15. The van der Waals surface area contributed by atoms with E-state index in [0.29, 0.717) is 17.1 Å². The van der Waals surface area contributed by atoms with Gasteiger partial charge in [0.1, 0.15) is 29.7 Å². The molecule has 2 N–H and O–H groups in total. The van der Waals surface area contributed by atoms with Crippen LogP contribution in [0.2, 0.25) is 0 Å². The lowest BCUT2D eigenvalue weighted by Gasteiger charge is -2.12. The predicted octanol–water partition coefficient (Wildman–Crippen LogP) is 3.76. The van der Waals surface area contributed by atoms with E-state index in [1.165, 1.54) is 37.4 Å². The van der Waals surface area contributed by atoms with Gasteiger partial charge < -0.3 is 19.9 Å². The van der Waals surface area contributed by atoms with Gasteiger partial charge >= 0.3 is 5.97 Å². The van der Waals surface area contributed by atoms with Crippen molar-refractivity contribution in [2.75, 3.05) is 12.4 Å². The summed E-state index contributed by atoms with van der Waals surface area (Å²) in [4.78, 5) is 27.4. The van der Waals surface area contributed by atoms with Crippen molar-refractivity contribution in [2.24, 2.45) is 0 Å². The molecule has 0 fully saturated rings. The fourth-order valence-electron chi connectivity index (χ4n) is 2.53. The van der Waals surface area contributed by atoms with E-state index in [1.54, 1.807) is 24.3 Å². The Kier molecular flexibility index (Phi) is 6.03. The number of carboxylic acid groups (broad SMARTS) is 1. The number of carboxylic acids is 1. The molecule has 0 saturated heterocycles. The van der Waals surface area contributed by atoms with Crippen molar-refractivity contribution in [2.45, 2.75) is 6.61 Å². The first-order chi connectivity index (χ1) is 14.0. The van der Waals surface area contributed by atoms with Crippen molar-refractivity contribution >= 4 is 17.7 Å². The van der Waals surface area contributed by atoms with Crippen molar-refractivity contribution in [1.82, 2.24) is 4.98 Å². The Hall–Kier alpha value is -3.94. The molecule has 8 heteroatoms. The molecule has 1 aromatic heterocycles. The molecule has 2 aromatic carbocycles. The second-order valence-electron chi connectivity index (χ2n) is 5.97.